The smallest absolute Gasteiger partial charge is 0.199 e. The van der Waals surface area contributed by atoms with Crippen LogP contribution in [0.15, 0.2) is 89.2 Å². The van der Waals surface area contributed by atoms with Crippen molar-refractivity contribution in [2.45, 2.75) is 11.5 Å². The summed E-state index contributed by atoms with van der Waals surface area (Å²) in [5.41, 5.74) is 1.87. The SMILES string of the molecule is COc1ccc(S(=O)(=O)/C=C/c2ccc(OCc3ccccc3)cc2)cc1. The third-order valence-electron chi connectivity index (χ3n) is 3.96. The van der Waals surface area contributed by atoms with Crippen molar-refractivity contribution in [3.8, 4) is 11.5 Å². The van der Waals surface area contributed by atoms with Gasteiger partial charge in [-0.2, -0.15) is 0 Å². The molecule has 0 aliphatic rings. The molecule has 27 heavy (non-hydrogen) atoms. The maximum Gasteiger partial charge on any atom is 0.199 e. The van der Waals surface area contributed by atoms with Gasteiger partial charge in [0.2, 0.25) is 0 Å². The van der Waals surface area contributed by atoms with Crippen molar-refractivity contribution in [1.82, 2.24) is 0 Å². The maximum absolute atomic E-state index is 12.4. The van der Waals surface area contributed by atoms with Crippen molar-refractivity contribution in [3.63, 3.8) is 0 Å². The first kappa shape index (κ1) is 18.7. The van der Waals surface area contributed by atoms with Gasteiger partial charge in [0, 0.05) is 5.41 Å². The minimum Gasteiger partial charge on any atom is -0.497 e. The molecule has 0 heterocycles. The summed E-state index contributed by atoms with van der Waals surface area (Å²) in [5.74, 6) is 1.35. The predicted molar refractivity (Wildman–Crippen MR) is 106 cm³/mol. The molecule has 0 aromatic heterocycles. The molecule has 3 aromatic carbocycles. The van der Waals surface area contributed by atoms with Crippen LogP contribution in [0.1, 0.15) is 11.1 Å². The van der Waals surface area contributed by atoms with Crippen LogP contribution < -0.4 is 9.47 Å². The lowest BCUT2D eigenvalue weighted by molar-refractivity contribution is 0.306. The van der Waals surface area contributed by atoms with Gasteiger partial charge in [0.25, 0.3) is 0 Å². The summed E-state index contributed by atoms with van der Waals surface area (Å²) in [7, 11) is -1.97. The molecule has 0 fully saturated rings. The van der Waals surface area contributed by atoms with Crippen LogP contribution in [0.25, 0.3) is 6.08 Å². The van der Waals surface area contributed by atoms with Crippen molar-refractivity contribution < 1.29 is 17.9 Å². The summed E-state index contributed by atoms with van der Waals surface area (Å²) in [4.78, 5) is 0.224. The Morgan fingerprint density at radius 2 is 1.44 bits per heavy atom. The molecule has 0 spiro atoms. The second-order valence-electron chi connectivity index (χ2n) is 5.87. The van der Waals surface area contributed by atoms with E-state index >= 15 is 0 Å². The Labute approximate surface area is 159 Å². The molecule has 138 valence electrons. The second-order valence-corrected chi connectivity index (χ2v) is 7.70. The molecular formula is C22H20O4S. The van der Waals surface area contributed by atoms with Crippen molar-refractivity contribution in [3.05, 3.63) is 95.4 Å². The van der Waals surface area contributed by atoms with Crippen molar-refractivity contribution in [1.29, 1.82) is 0 Å². The molecule has 0 amide bonds. The molecule has 0 aliphatic carbocycles. The number of benzene rings is 3. The second kappa shape index (κ2) is 8.56. The Bertz CT molecular complexity index is 990. The average Bonchev–Trinajstić information content (AvgIpc) is 2.72. The fourth-order valence-corrected chi connectivity index (χ4v) is 3.44. The Balaban J connectivity index is 1.64. The van der Waals surface area contributed by atoms with Gasteiger partial charge in [-0.1, -0.05) is 42.5 Å². The largest absolute Gasteiger partial charge is 0.497 e. The molecule has 0 unspecified atom stereocenters. The predicted octanol–water partition coefficient (Wildman–Crippen LogP) is 4.72. The van der Waals surface area contributed by atoms with Crippen LogP contribution in [0.5, 0.6) is 11.5 Å². The van der Waals surface area contributed by atoms with E-state index in [4.69, 9.17) is 9.47 Å². The molecule has 0 atom stereocenters. The number of sulfone groups is 1. The lowest BCUT2D eigenvalue weighted by Crippen LogP contribution is -1.96. The molecule has 0 bridgehead atoms. The number of rotatable bonds is 7. The highest BCUT2D eigenvalue weighted by molar-refractivity contribution is 7.94. The number of ether oxygens (including phenoxy) is 2. The number of hydrogen-bond acceptors (Lipinski definition) is 4. The van der Waals surface area contributed by atoms with Gasteiger partial charge in [-0.25, -0.2) is 8.42 Å². The lowest BCUT2D eigenvalue weighted by Gasteiger charge is -2.06. The summed E-state index contributed by atoms with van der Waals surface area (Å²) in [6.07, 6.45) is 1.57. The van der Waals surface area contributed by atoms with Crippen LogP contribution in [0.4, 0.5) is 0 Å². The van der Waals surface area contributed by atoms with Gasteiger partial charge >= 0.3 is 0 Å². The molecule has 5 heteroatoms. The third kappa shape index (κ3) is 5.21. The molecule has 0 N–H and O–H groups in total. The average molecular weight is 380 g/mol. The molecule has 0 saturated heterocycles. The number of methoxy groups -OCH3 is 1. The zero-order chi connectivity index (χ0) is 19.1. The Kier molecular flexibility index (Phi) is 5.94. The molecule has 0 radical (unpaired) electrons. The highest BCUT2D eigenvalue weighted by atomic mass is 32.2. The Hall–Kier alpha value is -3.05. The van der Waals surface area contributed by atoms with E-state index in [1.807, 2.05) is 54.6 Å². The van der Waals surface area contributed by atoms with E-state index in [2.05, 4.69) is 0 Å². The first-order valence-corrected chi connectivity index (χ1v) is 9.95. The standard InChI is InChI=1S/C22H20O4S/c1-25-20-11-13-22(14-12-20)27(23,24)16-15-18-7-9-21(10-8-18)26-17-19-5-3-2-4-6-19/h2-16H,17H2,1H3/b16-15+. The minimum absolute atomic E-state index is 0.224. The summed E-state index contributed by atoms with van der Waals surface area (Å²) in [5, 5.41) is 1.20. The monoisotopic (exact) mass is 380 g/mol. The van der Waals surface area contributed by atoms with Crippen LogP contribution in [0, 0.1) is 0 Å². The van der Waals surface area contributed by atoms with Crippen LogP contribution in [0.3, 0.4) is 0 Å². The summed E-state index contributed by atoms with van der Waals surface area (Å²) < 4.78 is 35.5. The van der Waals surface area contributed by atoms with E-state index in [9.17, 15) is 8.42 Å². The highest BCUT2D eigenvalue weighted by Gasteiger charge is 2.10. The van der Waals surface area contributed by atoms with Gasteiger partial charge in [0.15, 0.2) is 9.84 Å². The van der Waals surface area contributed by atoms with Crippen molar-refractivity contribution in [2.24, 2.45) is 0 Å². The van der Waals surface area contributed by atoms with E-state index < -0.39 is 9.84 Å². The van der Waals surface area contributed by atoms with E-state index in [0.29, 0.717) is 12.4 Å². The van der Waals surface area contributed by atoms with Gasteiger partial charge in [-0.05, 0) is 53.6 Å². The topological polar surface area (TPSA) is 52.6 Å². The Morgan fingerprint density at radius 1 is 0.815 bits per heavy atom. The van der Waals surface area contributed by atoms with Gasteiger partial charge < -0.3 is 9.47 Å². The van der Waals surface area contributed by atoms with E-state index in [1.54, 1.807) is 18.2 Å². The summed E-state index contributed by atoms with van der Waals surface area (Å²) in [6, 6.07) is 23.5. The number of hydrogen-bond donors (Lipinski definition) is 0. The zero-order valence-corrected chi connectivity index (χ0v) is 15.7. The summed E-state index contributed by atoms with van der Waals surface area (Å²) in [6.45, 7) is 0.488. The van der Waals surface area contributed by atoms with Crippen LogP contribution in [0.2, 0.25) is 0 Å². The molecule has 0 saturated carbocycles. The maximum atomic E-state index is 12.4. The molecule has 3 rings (SSSR count). The fraction of sp³-hybridized carbons (Fsp3) is 0.0909. The van der Waals surface area contributed by atoms with Crippen molar-refractivity contribution in [2.75, 3.05) is 7.11 Å². The molecule has 3 aromatic rings. The Morgan fingerprint density at radius 3 is 2.07 bits per heavy atom. The lowest BCUT2D eigenvalue weighted by atomic mass is 10.2. The van der Waals surface area contributed by atoms with Crippen molar-refractivity contribution >= 4 is 15.9 Å². The van der Waals surface area contributed by atoms with Gasteiger partial charge in [0.1, 0.15) is 18.1 Å². The van der Waals surface area contributed by atoms with Gasteiger partial charge in [-0.15, -0.1) is 0 Å². The van der Waals surface area contributed by atoms with Gasteiger partial charge in [0.05, 0.1) is 12.0 Å². The third-order valence-corrected chi connectivity index (χ3v) is 5.38. The molecule has 4 nitrogen and oxygen atoms in total. The summed E-state index contributed by atoms with van der Waals surface area (Å²) >= 11 is 0. The first-order chi connectivity index (χ1) is 13.1. The van der Waals surface area contributed by atoms with Gasteiger partial charge in [-0.3, -0.25) is 0 Å². The molecule has 0 aliphatic heterocycles. The van der Waals surface area contributed by atoms with Crippen LogP contribution in [-0.4, -0.2) is 15.5 Å². The molecular weight excluding hydrogens is 360 g/mol. The van der Waals surface area contributed by atoms with Crippen LogP contribution in [-0.2, 0) is 16.4 Å². The van der Waals surface area contributed by atoms with E-state index in [0.717, 1.165) is 16.9 Å². The highest BCUT2D eigenvalue weighted by Crippen LogP contribution is 2.19. The first-order valence-electron chi connectivity index (χ1n) is 8.41. The van der Waals surface area contributed by atoms with E-state index in [-0.39, 0.29) is 4.90 Å². The van der Waals surface area contributed by atoms with E-state index in [1.165, 1.54) is 24.7 Å². The zero-order valence-electron chi connectivity index (χ0n) is 14.9. The normalized spacial score (nSPS) is 11.4. The van der Waals surface area contributed by atoms with Crippen LogP contribution >= 0.6 is 0 Å². The fourth-order valence-electron chi connectivity index (χ4n) is 2.43. The minimum atomic E-state index is -3.51. The quantitative estimate of drug-likeness (QED) is 0.595.